The van der Waals surface area contributed by atoms with E-state index < -0.39 is 5.97 Å². The number of aromatic nitrogens is 2. The lowest BCUT2D eigenvalue weighted by atomic mass is 10.1. The molecule has 0 amide bonds. The zero-order valence-electron chi connectivity index (χ0n) is 11.2. The smallest absolute Gasteiger partial charge is 0.348 e. The Bertz CT molecular complexity index is 548. The van der Waals surface area contributed by atoms with Crippen LogP contribution < -0.4 is 5.69 Å². The second-order valence-electron chi connectivity index (χ2n) is 4.86. The molecular weight excluding hydrogens is 264 g/mol. The van der Waals surface area contributed by atoms with E-state index in [-0.39, 0.29) is 12.1 Å². The van der Waals surface area contributed by atoms with Gasteiger partial charge in [0, 0.05) is 28.7 Å². The van der Waals surface area contributed by atoms with Gasteiger partial charge in [0.1, 0.15) is 0 Å². The highest BCUT2D eigenvalue weighted by molar-refractivity contribution is 8.00. The molecule has 1 saturated heterocycles. The van der Waals surface area contributed by atoms with Crippen LogP contribution in [0.4, 0.5) is 0 Å². The molecule has 2 rings (SSSR count). The molecule has 5 nitrogen and oxygen atoms in total. The van der Waals surface area contributed by atoms with Crippen LogP contribution in [0, 0.1) is 13.8 Å². The van der Waals surface area contributed by atoms with E-state index in [2.05, 4.69) is 4.98 Å². The summed E-state index contributed by atoms with van der Waals surface area (Å²) in [6.45, 7) is 4.14. The number of hydrogen-bond acceptors (Lipinski definition) is 4. The van der Waals surface area contributed by atoms with Crippen LogP contribution in [0.15, 0.2) is 4.79 Å². The second kappa shape index (κ2) is 5.77. The van der Waals surface area contributed by atoms with E-state index in [1.807, 2.05) is 18.7 Å². The summed E-state index contributed by atoms with van der Waals surface area (Å²) in [4.78, 5) is 26.8. The molecule has 1 aliphatic rings. The van der Waals surface area contributed by atoms with Crippen molar-refractivity contribution in [2.24, 2.45) is 0 Å². The van der Waals surface area contributed by atoms with Crippen molar-refractivity contribution in [2.45, 2.75) is 44.9 Å². The Kier molecular flexibility index (Phi) is 4.29. The highest BCUT2D eigenvalue weighted by Crippen LogP contribution is 2.27. The van der Waals surface area contributed by atoms with Gasteiger partial charge in [0.05, 0.1) is 6.42 Å². The highest BCUT2D eigenvalue weighted by atomic mass is 32.2. The predicted octanol–water partition coefficient (Wildman–Crippen LogP) is 1.38. The number of nitrogens with zero attached hydrogens (tertiary/aromatic N) is 2. The molecule has 1 N–H and O–H groups in total. The predicted molar refractivity (Wildman–Crippen MR) is 74.8 cm³/mol. The molecular formula is C13H18N2O3S. The van der Waals surface area contributed by atoms with Gasteiger partial charge < -0.3 is 5.11 Å². The maximum Gasteiger partial charge on any atom is 0.348 e. The fourth-order valence-electron chi connectivity index (χ4n) is 2.45. The summed E-state index contributed by atoms with van der Waals surface area (Å²) in [6, 6.07) is 0. The quantitative estimate of drug-likeness (QED) is 0.903. The number of carboxylic acids is 1. The van der Waals surface area contributed by atoms with E-state index in [1.165, 1.54) is 6.42 Å². The largest absolute Gasteiger partial charge is 0.481 e. The van der Waals surface area contributed by atoms with Crippen LogP contribution in [0.1, 0.15) is 29.8 Å². The third-order valence-corrected chi connectivity index (χ3v) is 4.89. The normalized spacial score (nSPS) is 18.7. The minimum absolute atomic E-state index is 0.0806. The van der Waals surface area contributed by atoms with Crippen LogP contribution in [-0.4, -0.2) is 31.6 Å². The summed E-state index contributed by atoms with van der Waals surface area (Å²) >= 11 is 1.87. The maximum absolute atomic E-state index is 12.0. The Morgan fingerprint density at radius 1 is 1.53 bits per heavy atom. The fourth-order valence-corrected chi connectivity index (χ4v) is 3.71. The van der Waals surface area contributed by atoms with E-state index in [4.69, 9.17) is 5.11 Å². The lowest BCUT2D eigenvalue weighted by molar-refractivity contribution is -0.136. The van der Waals surface area contributed by atoms with Crippen LogP contribution in [0.5, 0.6) is 0 Å². The fraction of sp³-hybridized carbons (Fsp3) is 0.615. The molecule has 1 atom stereocenters. The molecule has 0 aliphatic carbocycles. The summed E-state index contributed by atoms with van der Waals surface area (Å²) < 4.78 is 1.63. The number of thioether (sulfide) groups is 1. The van der Waals surface area contributed by atoms with Crippen LogP contribution in [0.3, 0.4) is 0 Å². The van der Waals surface area contributed by atoms with Gasteiger partial charge in [-0.2, -0.15) is 16.7 Å². The van der Waals surface area contributed by atoms with Crippen molar-refractivity contribution in [3.05, 3.63) is 27.4 Å². The van der Waals surface area contributed by atoms with Gasteiger partial charge in [0.2, 0.25) is 0 Å². The third kappa shape index (κ3) is 3.18. The molecule has 0 saturated carbocycles. The summed E-state index contributed by atoms with van der Waals surface area (Å²) in [5, 5.41) is 9.38. The zero-order valence-corrected chi connectivity index (χ0v) is 12.0. The Hall–Kier alpha value is -1.30. The third-order valence-electron chi connectivity index (χ3n) is 3.51. The lowest BCUT2D eigenvalue weighted by Gasteiger charge is -2.17. The monoisotopic (exact) mass is 282 g/mol. The average Bonchev–Trinajstić information content (AvgIpc) is 2.82. The van der Waals surface area contributed by atoms with Crippen molar-refractivity contribution >= 4 is 17.7 Å². The van der Waals surface area contributed by atoms with Gasteiger partial charge in [-0.25, -0.2) is 4.79 Å². The molecule has 104 valence electrons. The molecule has 0 aromatic carbocycles. The first-order valence-electron chi connectivity index (χ1n) is 6.39. The molecule has 19 heavy (non-hydrogen) atoms. The van der Waals surface area contributed by atoms with Crippen molar-refractivity contribution in [3.63, 3.8) is 0 Å². The van der Waals surface area contributed by atoms with Gasteiger partial charge in [-0.1, -0.05) is 0 Å². The molecule has 1 aliphatic heterocycles. The van der Waals surface area contributed by atoms with Crippen LogP contribution in [-0.2, 0) is 17.8 Å². The molecule has 6 heteroatoms. The Labute approximate surface area is 116 Å². The molecule has 2 heterocycles. The summed E-state index contributed by atoms with van der Waals surface area (Å²) in [7, 11) is 0. The molecule has 1 unspecified atom stereocenters. The van der Waals surface area contributed by atoms with Crippen LogP contribution in [0.25, 0.3) is 0 Å². The van der Waals surface area contributed by atoms with Crippen molar-refractivity contribution in [2.75, 3.05) is 5.75 Å². The topological polar surface area (TPSA) is 72.2 Å². The lowest BCUT2D eigenvalue weighted by Crippen LogP contribution is -2.31. The first-order valence-corrected chi connectivity index (χ1v) is 7.44. The Morgan fingerprint density at radius 2 is 2.26 bits per heavy atom. The summed E-state index contributed by atoms with van der Waals surface area (Å²) in [6.07, 6.45) is 2.21. The maximum atomic E-state index is 12.0. The van der Waals surface area contributed by atoms with Gasteiger partial charge in [-0.15, -0.1) is 0 Å². The molecule has 1 aromatic rings. The van der Waals surface area contributed by atoms with Gasteiger partial charge in [-0.05, 0) is 32.4 Å². The van der Waals surface area contributed by atoms with Crippen molar-refractivity contribution < 1.29 is 9.90 Å². The van der Waals surface area contributed by atoms with Crippen LogP contribution in [0.2, 0.25) is 0 Å². The van der Waals surface area contributed by atoms with Crippen molar-refractivity contribution in [1.29, 1.82) is 0 Å². The van der Waals surface area contributed by atoms with E-state index in [9.17, 15) is 9.59 Å². The molecule has 0 spiro atoms. The van der Waals surface area contributed by atoms with Crippen LogP contribution >= 0.6 is 11.8 Å². The number of aliphatic carboxylic acids is 1. The van der Waals surface area contributed by atoms with Crippen molar-refractivity contribution in [3.8, 4) is 0 Å². The number of hydrogen-bond donors (Lipinski definition) is 1. The number of aryl methyl sites for hydroxylation is 1. The van der Waals surface area contributed by atoms with Gasteiger partial charge in [-0.3, -0.25) is 9.36 Å². The Morgan fingerprint density at radius 3 is 2.84 bits per heavy atom. The molecule has 1 aromatic heterocycles. The van der Waals surface area contributed by atoms with E-state index in [0.29, 0.717) is 23.1 Å². The number of rotatable bonds is 4. The first-order chi connectivity index (χ1) is 8.99. The first kappa shape index (κ1) is 14.1. The minimum Gasteiger partial charge on any atom is -0.481 e. The molecule has 0 radical (unpaired) electrons. The van der Waals surface area contributed by atoms with Gasteiger partial charge in [0.25, 0.3) is 0 Å². The number of carboxylic acid groups (broad SMARTS) is 1. The average molecular weight is 282 g/mol. The molecule has 1 fully saturated rings. The number of carbonyl (C=O) groups is 1. The standard InChI is InChI=1S/C13H18N2O3S/c1-8-11(6-12(16)17)9(2)15(13(18)14-8)7-10-4-3-5-19-10/h10H,3-7H2,1-2H3,(H,16,17). The Balaban J connectivity index is 2.36. The summed E-state index contributed by atoms with van der Waals surface area (Å²) in [5.74, 6) is 0.244. The van der Waals surface area contributed by atoms with Crippen molar-refractivity contribution in [1.82, 2.24) is 9.55 Å². The van der Waals surface area contributed by atoms with Gasteiger partial charge in [0.15, 0.2) is 0 Å². The highest BCUT2D eigenvalue weighted by Gasteiger charge is 2.20. The SMILES string of the molecule is Cc1nc(=O)n(CC2CCCS2)c(C)c1CC(=O)O. The van der Waals surface area contributed by atoms with E-state index >= 15 is 0 Å². The van der Waals surface area contributed by atoms with E-state index in [0.717, 1.165) is 17.9 Å². The second-order valence-corrected chi connectivity index (χ2v) is 6.27. The minimum atomic E-state index is -0.895. The summed E-state index contributed by atoms with van der Waals surface area (Å²) in [5.41, 5.74) is 1.67. The van der Waals surface area contributed by atoms with E-state index in [1.54, 1.807) is 11.5 Å². The van der Waals surface area contributed by atoms with Gasteiger partial charge >= 0.3 is 11.7 Å². The molecule has 0 bridgehead atoms. The zero-order chi connectivity index (χ0) is 14.0.